The van der Waals surface area contributed by atoms with Gasteiger partial charge in [-0.25, -0.2) is 9.79 Å². The number of likely N-dealkylation sites (tertiary alicyclic amines) is 1. The van der Waals surface area contributed by atoms with Crippen LogP contribution >= 0.6 is 11.3 Å². The third-order valence-corrected chi connectivity index (χ3v) is 7.91. The number of rotatable bonds is 8. The van der Waals surface area contributed by atoms with E-state index >= 15 is 0 Å². The molecule has 2 aromatic carbocycles. The molecule has 2 aliphatic heterocycles. The van der Waals surface area contributed by atoms with Crippen LogP contribution in [-0.2, 0) is 14.3 Å². The van der Waals surface area contributed by atoms with E-state index in [0.717, 1.165) is 31.5 Å². The van der Waals surface area contributed by atoms with Gasteiger partial charge in [0.1, 0.15) is 11.5 Å². The molecular weight excluding hydrogens is 530 g/mol. The molecule has 0 bridgehead atoms. The van der Waals surface area contributed by atoms with E-state index in [9.17, 15) is 14.4 Å². The predicted molar refractivity (Wildman–Crippen MR) is 151 cm³/mol. The third-order valence-electron chi connectivity index (χ3n) is 6.93. The monoisotopic (exact) mass is 561 g/mol. The summed E-state index contributed by atoms with van der Waals surface area (Å²) in [7, 11) is 1.57. The van der Waals surface area contributed by atoms with Crippen LogP contribution in [0.4, 0.5) is 0 Å². The molecule has 1 saturated heterocycles. The molecule has 10 heteroatoms. The first-order valence-corrected chi connectivity index (χ1v) is 14.1. The minimum atomic E-state index is -0.712. The molecule has 0 spiro atoms. The van der Waals surface area contributed by atoms with Crippen LogP contribution in [0.15, 0.2) is 69.6 Å². The van der Waals surface area contributed by atoms with Crippen LogP contribution in [0, 0.1) is 0 Å². The van der Waals surface area contributed by atoms with Gasteiger partial charge in [-0.3, -0.25) is 14.2 Å². The van der Waals surface area contributed by atoms with Crippen molar-refractivity contribution in [2.75, 3.05) is 33.4 Å². The van der Waals surface area contributed by atoms with Gasteiger partial charge in [-0.15, -0.1) is 0 Å². The number of hydrogen-bond donors (Lipinski definition) is 0. The number of ether oxygens (including phenoxy) is 3. The van der Waals surface area contributed by atoms with Crippen molar-refractivity contribution in [1.82, 2.24) is 9.47 Å². The smallest absolute Gasteiger partial charge is 0.338 e. The molecule has 2 aliphatic rings. The molecule has 1 fully saturated rings. The van der Waals surface area contributed by atoms with Crippen LogP contribution in [0.5, 0.6) is 11.5 Å². The predicted octanol–water partition coefficient (Wildman–Crippen LogP) is 2.81. The minimum Gasteiger partial charge on any atom is -0.497 e. The number of hydrogen-bond acceptors (Lipinski definition) is 8. The lowest BCUT2D eigenvalue weighted by Crippen LogP contribution is -2.39. The molecule has 1 aromatic heterocycles. The number of aromatic nitrogens is 1. The first-order chi connectivity index (χ1) is 19.4. The number of fused-ring (bicyclic) bond motifs is 1. The molecule has 1 atom stereocenters. The number of esters is 1. The first kappa shape index (κ1) is 27.4. The van der Waals surface area contributed by atoms with E-state index in [4.69, 9.17) is 14.2 Å². The standard InChI is InChI=1S/C30H31N3O6S/c1-4-38-29(36)26-19(2)31-30-33(27(26)21-8-7-9-23(17-21)37-3)28(35)24(40-30)16-20-10-12-22(13-11-20)39-18-25(34)32-14-5-6-15-32/h7-13,16-17,27H,4-6,14-15,18H2,1-3H3/b24-16+/t27-/m0/s1. The van der Waals surface area contributed by atoms with E-state index < -0.39 is 12.0 Å². The van der Waals surface area contributed by atoms with E-state index in [0.29, 0.717) is 37.7 Å². The molecule has 0 radical (unpaired) electrons. The van der Waals surface area contributed by atoms with Gasteiger partial charge < -0.3 is 19.1 Å². The van der Waals surface area contributed by atoms with Crippen molar-refractivity contribution in [1.29, 1.82) is 0 Å². The Morgan fingerprint density at radius 3 is 2.55 bits per heavy atom. The maximum absolute atomic E-state index is 13.8. The van der Waals surface area contributed by atoms with Crippen molar-refractivity contribution >= 4 is 29.3 Å². The molecule has 3 aromatic rings. The molecule has 9 nitrogen and oxygen atoms in total. The fourth-order valence-corrected chi connectivity index (χ4v) is 5.98. The number of benzene rings is 2. The summed E-state index contributed by atoms with van der Waals surface area (Å²) in [4.78, 5) is 46.0. The Bertz CT molecular complexity index is 1630. The maximum Gasteiger partial charge on any atom is 0.338 e. The number of carbonyl (C=O) groups excluding carboxylic acids is 2. The van der Waals surface area contributed by atoms with Gasteiger partial charge >= 0.3 is 5.97 Å². The van der Waals surface area contributed by atoms with Crippen molar-refractivity contribution < 1.29 is 23.8 Å². The molecule has 0 unspecified atom stereocenters. The van der Waals surface area contributed by atoms with Gasteiger partial charge in [0.15, 0.2) is 11.4 Å². The summed E-state index contributed by atoms with van der Waals surface area (Å²) in [5.74, 6) is 0.677. The van der Waals surface area contributed by atoms with Crippen LogP contribution in [-0.4, -0.2) is 54.8 Å². The quantitative estimate of drug-likeness (QED) is 0.392. The Hall–Kier alpha value is -4.18. The van der Waals surface area contributed by atoms with Gasteiger partial charge in [-0.1, -0.05) is 35.6 Å². The molecule has 0 aliphatic carbocycles. The Kier molecular flexibility index (Phi) is 8.16. The van der Waals surface area contributed by atoms with Crippen LogP contribution in [0.3, 0.4) is 0 Å². The van der Waals surface area contributed by atoms with Crippen molar-refractivity contribution in [3.05, 3.63) is 90.6 Å². The SMILES string of the molecule is CCOC(=O)C1=C(C)N=c2s/c(=C/c3ccc(OCC(=O)N4CCCC4)cc3)c(=O)n2[C@H]1c1cccc(OC)c1. The minimum absolute atomic E-state index is 0.00433. The van der Waals surface area contributed by atoms with Crippen molar-refractivity contribution in [3.63, 3.8) is 0 Å². The Balaban J connectivity index is 1.47. The van der Waals surface area contributed by atoms with E-state index in [-0.39, 0.29) is 24.7 Å². The zero-order valence-corrected chi connectivity index (χ0v) is 23.5. The molecule has 0 N–H and O–H groups in total. The highest BCUT2D eigenvalue weighted by atomic mass is 32.1. The van der Waals surface area contributed by atoms with Gasteiger partial charge in [0.05, 0.1) is 35.6 Å². The summed E-state index contributed by atoms with van der Waals surface area (Å²) in [5.41, 5.74) is 2.07. The van der Waals surface area contributed by atoms with Crippen LogP contribution in [0.2, 0.25) is 0 Å². The number of methoxy groups -OCH3 is 1. The summed E-state index contributed by atoms with van der Waals surface area (Å²) in [6.45, 7) is 5.28. The lowest BCUT2D eigenvalue weighted by Gasteiger charge is -2.25. The highest BCUT2D eigenvalue weighted by Crippen LogP contribution is 2.32. The zero-order valence-electron chi connectivity index (χ0n) is 22.7. The summed E-state index contributed by atoms with van der Waals surface area (Å²) in [6.07, 6.45) is 3.86. The second-order valence-corrected chi connectivity index (χ2v) is 10.5. The number of amides is 1. The Morgan fingerprint density at radius 2 is 1.85 bits per heavy atom. The molecule has 5 rings (SSSR count). The summed E-state index contributed by atoms with van der Waals surface area (Å²) in [6, 6.07) is 13.8. The lowest BCUT2D eigenvalue weighted by atomic mass is 9.95. The van der Waals surface area contributed by atoms with Crippen molar-refractivity contribution in [2.24, 2.45) is 4.99 Å². The lowest BCUT2D eigenvalue weighted by molar-refractivity contribution is -0.139. The van der Waals surface area contributed by atoms with Gasteiger partial charge in [0, 0.05) is 13.1 Å². The van der Waals surface area contributed by atoms with Gasteiger partial charge in [0.25, 0.3) is 11.5 Å². The number of nitrogens with zero attached hydrogens (tertiary/aromatic N) is 3. The Morgan fingerprint density at radius 1 is 1.10 bits per heavy atom. The van der Waals surface area contributed by atoms with Crippen molar-refractivity contribution in [2.45, 2.75) is 32.7 Å². The highest BCUT2D eigenvalue weighted by molar-refractivity contribution is 7.07. The van der Waals surface area contributed by atoms with Crippen LogP contribution in [0.1, 0.15) is 43.9 Å². The average molecular weight is 562 g/mol. The maximum atomic E-state index is 13.8. The topological polar surface area (TPSA) is 99.4 Å². The molecule has 208 valence electrons. The highest BCUT2D eigenvalue weighted by Gasteiger charge is 2.33. The molecule has 0 saturated carbocycles. The Labute approximate surface area is 235 Å². The molecule has 1 amide bonds. The average Bonchev–Trinajstić information content (AvgIpc) is 3.60. The zero-order chi connectivity index (χ0) is 28.2. The number of allylic oxidation sites excluding steroid dienone is 1. The van der Waals surface area contributed by atoms with E-state index in [1.807, 2.05) is 41.3 Å². The first-order valence-electron chi connectivity index (χ1n) is 13.2. The fourth-order valence-electron chi connectivity index (χ4n) is 4.93. The second-order valence-electron chi connectivity index (χ2n) is 9.52. The number of carbonyl (C=O) groups is 2. The van der Waals surface area contributed by atoms with Crippen molar-refractivity contribution in [3.8, 4) is 11.5 Å². The second kappa shape index (κ2) is 11.9. The van der Waals surface area contributed by atoms with Gasteiger partial charge in [-0.05, 0) is 68.2 Å². The van der Waals surface area contributed by atoms with E-state index in [2.05, 4.69) is 4.99 Å². The summed E-state index contributed by atoms with van der Waals surface area (Å²) < 4.78 is 18.5. The fraction of sp³-hybridized carbons (Fsp3) is 0.333. The number of thiazole rings is 1. The van der Waals surface area contributed by atoms with E-state index in [1.165, 1.54) is 11.3 Å². The largest absolute Gasteiger partial charge is 0.497 e. The molecule has 40 heavy (non-hydrogen) atoms. The third kappa shape index (κ3) is 5.58. The normalized spacial score (nSPS) is 16.9. The van der Waals surface area contributed by atoms with Gasteiger partial charge in [0.2, 0.25) is 0 Å². The van der Waals surface area contributed by atoms with Gasteiger partial charge in [-0.2, -0.15) is 0 Å². The van der Waals surface area contributed by atoms with E-state index in [1.54, 1.807) is 43.7 Å². The summed E-state index contributed by atoms with van der Waals surface area (Å²) >= 11 is 1.26. The van der Waals surface area contributed by atoms with Crippen LogP contribution < -0.4 is 24.4 Å². The summed E-state index contributed by atoms with van der Waals surface area (Å²) in [5, 5.41) is 0. The molecular formula is C30H31N3O6S. The molecule has 3 heterocycles. The van der Waals surface area contributed by atoms with Crippen LogP contribution in [0.25, 0.3) is 6.08 Å².